The van der Waals surface area contributed by atoms with Crippen molar-refractivity contribution < 1.29 is 14.6 Å². The van der Waals surface area contributed by atoms with Crippen LogP contribution in [0.25, 0.3) is 0 Å². The van der Waals surface area contributed by atoms with Crippen LogP contribution in [-0.4, -0.2) is 42.7 Å². The van der Waals surface area contributed by atoms with E-state index in [1.54, 1.807) is 14.0 Å². The molecule has 0 aromatic heterocycles. The Balaban J connectivity index is 2.52. The number of nitrogens with two attached hydrogens (primary N) is 1. The zero-order chi connectivity index (χ0) is 12.2. The maximum atomic E-state index is 9.47. The van der Waals surface area contributed by atoms with E-state index in [0.29, 0.717) is 12.6 Å². The second kappa shape index (κ2) is 5.96. The Hall–Kier alpha value is -0.160. The second-order valence-electron chi connectivity index (χ2n) is 4.89. The molecule has 0 radical (unpaired) electrons. The van der Waals surface area contributed by atoms with E-state index in [2.05, 4.69) is 0 Å². The van der Waals surface area contributed by atoms with E-state index in [4.69, 9.17) is 15.2 Å². The monoisotopic (exact) mass is 231 g/mol. The first kappa shape index (κ1) is 13.9. The Morgan fingerprint density at radius 2 is 1.94 bits per heavy atom. The molecule has 0 aromatic rings. The molecule has 0 saturated heterocycles. The quantitative estimate of drug-likeness (QED) is 0.742. The summed E-state index contributed by atoms with van der Waals surface area (Å²) in [7, 11) is 1.75. The van der Waals surface area contributed by atoms with Gasteiger partial charge in [0.1, 0.15) is 0 Å². The Kier molecular flexibility index (Phi) is 5.18. The SMILES string of the molecule is COC1CCC(CN)(OC(C)C(C)O)CC1. The molecular formula is C12H25NO3. The van der Waals surface area contributed by atoms with Gasteiger partial charge in [-0.15, -0.1) is 0 Å². The van der Waals surface area contributed by atoms with Crippen LogP contribution in [-0.2, 0) is 9.47 Å². The predicted molar refractivity (Wildman–Crippen MR) is 63.3 cm³/mol. The van der Waals surface area contributed by atoms with Crippen molar-refractivity contribution in [2.75, 3.05) is 13.7 Å². The number of methoxy groups -OCH3 is 1. The number of rotatable bonds is 5. The zero-order valence-corrected chi connectivity index (χ0v) is 10.6. The molecule has 96 valence electrons. The number of hydrogen-bond donors (Lipinski definition) is 2. The fraction of sp³-hybridized carbons (Fsp3) is 1.00. The van der Waals surface area contributed by atoms with Gasteiger partial charge in [0.25, 0.3) is 0 Å². The Morgan fingerprint density at radius 3 is 2.31 bits per heavy atom. The lowest BCUT2D eigenvalue weighted by atomic mass is 9.83. The van der Waals surface area contributed by atoms with Crippen LogP contribution in [0.3, 0.4) is 0 Å². The summed E-state index contributed by atoms with van der Waals surface area (Å²) in [6.07, 6.45) is 3.52. The van der Waals surface area contributed by atoms with E-state index in [0.717, 1.165) is 25.7 Å². The molecule has 1 aliphatic carbocycles. The number of aliphatic hydroxyl groups is 1. The standard InChI is InChI=1S/C12H25NO3/c1-9(14)10(2)16-12(8-13)6-4-11(15-3)5-7-12/h9-11,14H,4-8,13H2,1-3H3. The largest absolute Gasteiger partial charge is 0.391 e. The van der Waals surface area contributed by atoms with Crippen molar-refractivity contribution in [1.29, 1.82) is 0 Å². The molecule has 0 bridgehead atoms. The number of aliphatic hydroxyl groups excluding tert-OH is 1. The van der Waals surface area contributed by atoms with Crippen LogP contribution >= 0.6 is 0 Å². The summed E-state index contributed by atoms with van der Waals surface area (Å²) in [5.74, 6) is 0. The molecule has 1 saturated carbocycles. The highest BCUT2D eigenvalue weighted by Crippen LogP contribution is 2.33. The van der Waals surface area contributed by atoms with Crippen molar-refractivity contribution >= 4 is 0 Å². The van der Waals surface area contributed by atoms with Crippen LogP contribution in [0.5, 0.6) is 0 Å². The molecule has 0 aromatic carbocycles. The van der Waals surface area contributed by atoms with Gasteiger partial charge in [-0.25, -0.2) is 0 Å². The lowest BCUT2D eigenvalue weighted by Crippen LogP contribution is -2.48. The highest BCUT2D eigenvalue weighted by molar-refractivity contribution is 4.89. The smallest absolute Gasteiger partial charge is 0.0811 e. The fourth-order valence-corrected chi connectivity index (χ4v) is 2.22. The summed E-state index contributed by atoms with van der Waals surface area (Å²) in [5.41, 5.74) is 5.57. The highest BCUT2D eigenvalue weighted by Gasteiger charge is 2.37. The fourth-order valence-electron chi connectivity index (χ4n) is 2.22. The summed E-state index contributed by atoms with van der Waals surface area (Å²) in [5, 5.41) is 9.47. The molecule has 2 unspecified atom stereocenters. The summed E-state index contributed by atoms with van der Waals surface area (Å²) < 4.78 is 11.3. The normalized spacial score (nSPS) is 34.7. The number of hydrogen-bond acceptors (Lipinski definition) is 4. The van der Waals surface area contributed by atoms with Crippen LogP contribution in [0.4, 0.5) is 0 Å². The van der Waals surface area contributed by atoms with E-state index in [-0.39, 0.29) is 11.7 Å². The van der Waals surface area contributed by atoms with Gasteiger partial charge in [-0.2, -0.15) is 0 Å². The molecule has 16 heavy (non-hydrogen) atoms. The second-order valence-corrected chi connectivity index (χ2v) is 4.89. The molecule has 1 aliphatic rings. The molecule has 2 atom stereocenters. The zero-order valence-electron chi connectivity index (χ0n) is 10.6. The Morgan fingerprint density at radius 1 is 1.38 bits per heavy atom. The summed E-state index contributed by atoms with van der Waals surface area (Å²) in [6, 6.07) is 0. The molecule has 3 N–H and O–H groups in total. The lowest BCUT2D eigenvalue weighted by Gasteiger charge is -2.41. The first-order chi connectivity index (χ1) is 7.53. The van der Waals surface area contributed by atoms with Crippen molar-refractivity contribution in [3.05, 3.63) is 0 Å². The van der Waals surface area contributed by atoms with Gasteiger partial charge in [0.05, 0.1) is 23.9 Å². The number of ether oxygens (including phenoxy) is 2. The summed E-state index contributed by atoms with van der Waals surface area (Å²) in [4.78, 5) is 0. The van der Waals surface area contributed by atoms with Crippen molar-refractivity contribution in [1.82, 2.24) is 0 Å². The molecule has 0 aliphatic heterocycles. The van der Waals surface area contributed by atoms with Gasteiger partial charge >= 0.3 is 0 Å². The van der Waals surface area contributed by atoms with Gasteiger partial charge < -0.3 is 20.3 Å². The van der Waals surface area contributed by atoms with Crippen molar-refractivity contribution in [3.63, 3.8) is 0 Å². The topological polar surface area (TPSA) is 64.7 Å². The Bertz CT molecular complexity index is 200. The first-order valence-electron chi connectivity index (χ1n) is 6.12. The van der Waals surface area contributed by atoms with Crippen LogP contribution in [0.15, 0.2) is 0 Å². The van der Waals surface area contributed by atoms with Gasteiger partial charge in [-0.05, 0) is 39.5 Å². The van der Waals surface area contributed by atoms with E-state index in [1.807, 2.05) is 6.92 Å². The maximum Gasteiger partial charge on any atom is 0.0811 e. The van der Waals surface area contributed by atoms with Gasteiger partial charge in [0, 0.05) is 13.7 Å². The molecule has 1 rings (SSSR count). The maximum absolute atomic E-state index is 9.47. The molecule has 0 spiro atoms. The first-order valence-corrected chi connectivity index (χ1v) is 6.12. The van der Waals surface area contributed by atoms with Crippen LogP contribution in [0.1, 0.15) is 39.5 Å². The molecule has 4 heteroatoms. The molecular weight excluding hydrogens is 206 g/mol. The predicted octanol–water partition coefficient (Wildman–Crippen LogP) is 1.06. The average molecular weight is 231 g/mol. The van der Waals surface area contributed by atoms with Crippen molar-refractivity contribution in [2.24, 2.45) is 5.73 Å². The Labute approximate surface area is 98.1 Å². The third kappa shape index (κ3) is 3.42. The van der Waals surface area contributed by atoms with Gasteiger partial charge in [0.2, 0.25) is 0 Å². The third-order valence-corrected chi connectivity index (χ3v) is 3.66. The van der Waals surface area contributed by atoms with E-state index in [1.165, 1.54) is 0 Å². The van der Waals surface area contributed by atoms with Gasteiger partial charge in [-0.1, -0.05) is 0 Å². The van der Waals surface area contributed by atoms with E-state index < -0.39 is 6.10 Å². The minimum absolute atomic E-state index is 0.164. The minimum Gasteiger partial charge on any atom is -0.391 e. The van der Waals surface area contributed by atoms with Gasteiger partial charge in [-0.3, -0.25) is 0 Å². The molecule has 1 fully saturated rings. The lowest BCUT2D eigenvalue weighted by molar-refractivity contribution is -0.145. The summed E-state index contributed by atoms with van der Waals surface area (Å²) >= 11 is 0. The highest BCUT2D eigenvalue weighted by atomic mass is 16.5. The van der Waals surface area contributed by atoms with E-state index in [9.17, 15) is 5.11 Å². The average Bonchev–Trinajstić information content (AvgIpc) is 2.29. The molecule has 0 heterocycles. The van der Waals surface area contributed by atoms with Crippen molar-refractivity contribution in [2.45, 2.75) is 63.4 Å². The van der Waals surface area contributed by atoms with Gasteiger partial charge in [0.15, 0.2) is 0 Å². The van der Waals surface area contributed by atoms with Crippen LogP contribution in [0.2, 0.25) is 0 Å². The third-order valence-electron chi connectivity index (χ3n) is 3.66. The van der Waals surface area contributed by atoms with Crippen molar-refractivity contribution in [3.8, 4) is 0 Å². The molecule has 4 nitrogen and oxygen atoms in total. The van der Waals surface area contributed by atoms with E-state index >= 15 is 0 Å². The minimum atomic E-state index is -0.455. The van der Waals surface area contributed by atoms with Crippen LogP contribution in [0, 0.1) is 0 Å². The summed E-state index contributed by atoms with van der Waals surface area (Å²) in [6.45, 7) is 4.15. The molecule has 0 amide bonds. The van der Waals surface area contributed by atoms with Crippen LogP contribution < -0.4 is 5.73 Å².